The van der Waals surface area contributed by atoms with Crippen LogP contribution in [-0.4, -0.2) is 110 Å². The Balaban J connectivity index is 2.42. The first kappa shape index (κ1) is 60.3. The fourth-order valence-corrected chi connectivity index (χ4v) is 8.28. The van der Waals surface area contributed by atoms with Crippen molar-refractivity contribution in [2.45, 2.75) is 281 Å². The fourth-order valence-electron chi connectivity index (χ4n) is 8.28. The first-order valence-electron chi connectivity index (χ1n) is 26.4. The molecule has 0 spiro atoms. The maximum atomic E-state index is 13.1. The molecule has 9 atom stereocenters. The molecule has 0 aliphatic carbocycles. The van der Waals surface area contributed by atoms with Gasteiger partial charge >= 0.3 is 0 Å². The first-order chi connectivity index (χ1) is 31.2. The van der Waals surface area contributed by atoms with Gasteiger partial charge in [-0.05, 0) is 77.0 Å². The van der Waals surface area contributed by atoms with E-state index < -0.39 is 74.2 Å². The molecule has 64 heavy (non-hydrogen) atoms. The molecule has 376 valence electrons. The van der Waals surface area contributed by atoms with E-state index in [1.54, 1.807) is 0 Å². The van der Waals surface area contributed by atoms with Crippen molar-refractivity contribution in [1.29, 1.82) is 0 Å². The van der Waals surface area contributed by atoms with Gasteiger partial charge in [0.2, 0.25) is 5.91 Å². The van der Waals surface area contributed by atoms with Crippen LogP contribution in [0.25, 0.3) is 0 Å². The van der Waals surface area contributed by atoms with Crippen LogP contribution >= 0.6 is 0 Å². The molecule has 1 rings (SSSR count). The number of carbonyl (C=O) groups is 1. The molecule has 8 N–H and O–H groups in total. The summed E-state index contributed by atoms with van der Waals surface area (Å²) in [6.07, 6.45) is 39.0. The molecule has 11 heteroatoms. The van der Waals surface area contributed by atoms with Crippen LogP contribution in [0, 0.1) is 0 Å². The van der Waals surface area contributed by atoms with Crippen molar-refractivity contribution >= 4 is 5.91 Å². The van der Waals surface area contributed by atoms with E-state index in [0.717, 1.165) is 57.8 Å². The summed E-state index contributed by atoms with van der Waals surface area (Å²) in [5.74, 6) is -0.715. The topological polar surface area (TPSA) is 189 Å². The monoisotopic (exact) mass is 910 g/mol. The van der Waals surface area contributed by atoms with Gasteiger partial charge in [0.1, 0.15) is 36.6 Å². The Morgan fingerprint density at radius 2 is 0.938 bits per heavy atom. The van der Waals surface area contributed by atoms with Crippen molar-refractivity contribution in [2.24, 2.45) is 0 Å². The molecule has 0 aromatic rings. The Bertz CT molecular complexity index is 1130. The van der Waals surface area contributed by atoms with E-state index in [9.17, 15) is 40.5 Å². The zero-order chi connectivity index (χ0) is 46.9. The lowest BCUT2D eigenvalue weighted by atomic mass is 9.98. The van der Waals surface area contributed by atoms with E-state index >= 15 is 0 Å². The Morgan fingerprint density at radius 3 is 1.39 bits per heavy atom. The number of aliphatic hydroxyl groups excluding tert-OH is 7. The van der Waals surface area contributed by atoms with Gasteiger partial charge in [-0.1, -0.05) is 185 Å². The van der Waals surface area contributed by atoms with Crippen molar-refractivity contribution in [2.75, 3.05) is 13.2 Å². The van der Waals surface area contributed by atoms with Gasteiger partial charge in [0.05, 0.1) is 25.4 Å². The number of allylic oxidation sites excluding steroid dienone is 6. The maximum absolute atomic E-state index is 13.1. The number of ether oxygens (including phenoxy) is 2. The number of nitrogens with one attached hydrogen (secondary N) is 1. The predicted molar refractivity (Wildman–Crippen MR) is 261 cm³/mol. The number of rotatable bonds is 44. The van der Waals surface area contributed by atoms with E-state index in [2.05, 4.69) is 55.6 Å². The molecule has 0 aromatic heterocycles. The molecule has 0 saturated carbocycles. The van der Waals surface area contributed by atoms with Crippen LogP contribution in [0.3, 0.4) is 0 Å². The van der Waals surface area contributed by atoms with Crippen LogP contribution in [-0.2, 0) is 14.3 Å². The number of unbranched alkanes of at least 4 members (excludes halogenated alkanes) is 26. The van der Waals surface area contributed by atoms with E-state index in [1.165, 1.54) is 122 Å². The number of hydrogen-bond donors (Lipinski definition) is 8. The van der Waals surface area contributed by atoms with E-state index in [0.29, 0.717) is 19.3 Å². The minimum absolute atomic E-state index is 0.244. The van der Waals surface area contributed by atoms with Gasteiger partial charge in [-0.25, -0.2) is 0 Å². The average Bonchev–Trinajstić information content (AvgIpc) is 3.29. The maximum Gasteiger partial charge on any atom is 0.249 e. The van der Waals surface area contributed by atoms with Crippen molar-refractivity contribution in [3.63, 3.8) is 0 Å². The van der Waals surface area contributed by atoms with Gasteiger partial charge in [0.25, 0.3) is 0 Å². The van der Waals surface area contributed by atoms with Crippen LogP contribution in [0.1, 0.15) is 226 Å². The Hall–Kier alpha value is -1.67. The molecule has 1 fully saturated rings. The van der Waals surface area contributed by atoms with Gasteiger partial charge < -0.3 is 50.5 Å². The number of amides is 1. The molecule has 11 nitrogen and oxygen atoms in total. The largest absolute Gasteiger partial charge is 0.394 e. The van der Waals surface area contributed by atoms with Crippen LogP contribution in [0.4, 0.5) is 0 Å². The molecule has 1 saturated heterocycles. The smallest absolute Gasteiger partial charge is 0.249 e. The van der Waals surface area contributed by atoms with E-state index in [1.807, 2.05) is 0 Å². The molecule has 0 aromatic carbocycles. The zero-order valence-electron chi connectivity index (χ0n) is 40.8. The lowest BCUT2D eigenvalue weighted by Crippen LogP contribution is -2.60. The molecule has 0 bridgehead atoms. The highest BCUT2D eigenvalue weighted by Gasteiger charge is 2.44. The van der Waals surface area contributed by atoms with Gasteiger partial charge in [-0.3, -0.25) is 4.79 Å². The zero-order valence-corrected chi connectivity index (χ0v) is 40.8. The third-order valence-electron chi connectivity index (χ3n) is 12.6. The lowest BCUT2D eigenvalue weighted by molar-refractivity contribution is -0.303. The van der Waals surface area contributed by atoms with Crippen LogP contribution in [0.2, 0.25) is 0 Å². The quantitative estimate of drug-likeness (QED) is 0.0216. The molecule has 9 unspecified atom stereocenters. The summed E-state index contributed by atoms with van der Waals surface area (Å²) in [6, 6.07) is -1.19. The van der Waals surface area contributed by atoms with Crippen LogP contribution in [0.15, 0.2) is 36.5 Å². The van der Waals surface area contributed by atoms with Crippen molar-refractivity contribution in [3.05, 3.63) is 36.5 Å². The second-order valence-corrected chi connectivity index (χ2v) is 18.6. The third kappa shape index (κ3) is 31.3. The number of aliphatic hydroxyl groups is 7. The Morgan fingerprint density at radius 1 is 0.531 bits per heavy atom. The van der Waals surface area contributed by atoms with Crippen LogP contribution < -0.4 is 5.32 Å². The lowest BCUT2D eigenvalue weighted by Gasteiger charge is -2.40. The summed E-state index contributed by atoms with van der Waals surface area (Å²) in [4.78, 5) is 13.1. The second kappa shape index (κ2) is 42.7. The summed E-state index contributed by atoms with van der Waals surface area (Å²) < 4.78 is 11.1. The minimum atomic E-state index is -1.67. The highest BCUT2D eigenvalue weighted by Crippen LogP contribution is 2.23. The van der Waals surface area contributed by atoms with E-state index in [4.69, 9.17) is 9.47 Å². The standard InChI is InChI=1S/C53H99NO10/c1-3-5-7-9-11-13-15-17-19-21-23-25-27-29-31-33-35-37-39-41-46(57)52(62)54-44(43-63-53-51(61)50(60)49(59)47(42-55)64-53)48(58)45(56)40-38-36-34-32-30-28-26-24-22-20-18-16-14-12-10-8-6-4-2/h23-26,32,34,44-51,53,55-61H,3-22,27-31,33,35-43H2,1-2H3,(H,54,62)/b25-23-,26-24+,34-32+. The third-order valence-corrected chi connectivity index (χ3v) is 12.6. The van der Waals surface area contributed by atoms with Gasteiger partial charge in [0.15, 0.2) is 6.29 Å². The van der Waals surface area contributed by atoms with Crippen molar-refractivity contribution in [1.82, 2.24) is 5.32 Å². The second-order valence-electron chi connectivity index (χ2n) is 18.6. The fraction of sp³-hybridized carbons (Fsp3) is 0.868. The number of hydrogen-bond acceptors (Lipinski definition) is 10. The SMILES string of the molecule is CCCCCCCCCCC/C=C\CCCCCCCCC(O)C(=O)NC(COC1OC(CO)C(O)C(O)C1O)C(O)C(O)CCC/C=C/CC/C=C/CCCCCCCCCCC. The van der Waals surface area contributed by atoms with Crippen molar-refractivity contribution < 1.29 is 50.0 Å². The predicted octanol–water partition coefficient (Wildman–Crippen LogP) is 9.95. The van der Waals surface area contributed by atoms with Crippen molar-refractivity contribution in [3.8, 4) is 0 Å². The Labute approximate surface area is 390 Å². The van der Waals surface area contributed by atoms with Gasteiger partial charge in [0, 0.05) is 0 Å². The molecule has 0 radical (unpaired) electrons. The first-order valence-corrected chi connectivity index (χ1v) is 26.4. The number of carbonyl (C=O) groups excluding carboxylic acids is 1. The molecule has 1 aliphatic heterocycles. The molecule has 1 aliphatic rings. The summed E-state index contributed by atoms with van der Waals surface area (Å²) in [5, 5.41) is 75.9. The van der Waals surface area contributed by atoms with E-state index in [-0.39, 0.29) is 12.8 Å². The van der Waals surface area contributed by atoms with Crippen LogP contribution in [0.5, 0.6) is 0 Å². The minimum Gasteiger partial charge on any atom is -0.394 e. The molecule has 1 heterocycles. The molecular formula is C53H99NO10. The molecular weight excluding hydrogens is 811 g/mol. The summed E-state index contributed by atoms with van der Waals surface area (Å²) in [5.41, 5.74) is 0. The highest BCUT2D eigenvalue weighted by atomic mass is 16.7. The summed E-state index contributed by atoms with van der Waals surface area (Å²) in [6.45, 7) is 3.43. The Kier molecular flexibility index (Phi) is 40.2. The molecule has 1 amide bonds. The summed E-state index contributed by atoms with van der Waals surface area (Å²) >= 11 is 0. The normalized spacial score (nSPS) is 21.3. The average molecular weight is 910 g/mol. The highest BCUT2D eigenvalue weighted by molar-refractivity contribution is 5.80. The van der Waals surface area contributed by atoms with Gasteiger partial charge in [-0.2, -0.15) is 0 Å². The summed E-state index contributed by atoms with van der Waals surface area (Å²) in [7, 11) is 0. The van der Waals surface area contributed by atoms with Gasteiger partial charge in [-0.15, -0.1) is 0 Å².